The number of thiocarbonyl (C=S) groups is 1. The molecule has 1 atom stereocenters. The first kappa shape index (κ1) is 21.2. The highest BCUT2D eigenvalue weighted by Crippen LogP contribution is 2.23. The third-order valence-electron chi connectivity index (χ3n) is 4.54. The van der Waals surface area contributed by atoms with Gasteiger partial charge in [-0.2, -0.15) is 0 Å². The summed E-state index contributed by atoms with van der Waals surface area (Å²) < 4.78 is 5.22. The highest BCUT2D eigenvalue weighted by Gasteiger charge is 2.34. The van der Waals surface area contributed by atoms with Gasteiger partial charge in [0, 0.05) is 0 Å². The van der Waals surface area contributed by atoms with E-state index in [0.717, 1.165) is 12.0 Å². The average molecular weight is 423 g/mol. The number of nitrogens with one attached hydrogen (secondary N) is 1. The molecule has 0 bridgehead atoms. The molecule has 2 amide bonds. The molecule has 0 aromatic heterocycles. The van der Waals surface area contributed by atoms with E-state index in [-0.39, 0.29) is 10.7 Å². The second kappa shape index (κ2) is 8.87. The number of anilines is 1. The number of hydrogen-bond donors (Lipinski definition) is 1. The standard InChI is InChI=1S/C22H20N2O5S/c1-3-14-4-8-16(9-5-14)24-20(26)18(19(25)23-22(24)30)12-15-6-10-17(11-7-15)29-13(2)21(27)28/h4-13H,3H2,1-2H3,(H,27,28)(H,23,25,30)/p-1/b18-12-/t13-/m1/s1. The fourth-order valence-electron chi connectivity index (χ4n) is 2.83. The Morgan fingerprint density at radius 1 is 1.17 bits per heavy atom. The molecule has 7 nitrogen and oxygen atoms in total. The lowest BCUT2D eigenvalue weighted by molar-refractivity contribution is -0.312. The van der Waals surface area contributed by atoms with Gasteiger partial charge in [-0.05, 0) is 67.0 Å². The maximum absolute atomic E-state index is 13.0. The first-order valence-electron chi connectivity index (χ1n) is 9.28. The molecule has 1 saturated heterocycles. The van der Waals surface area contributed by atoms with Crippen molar-refractivity contribution in [3.8, 4) is 5.75 Å². The van der Waals surface area contributed by atoms with E-state index in [1.807, 2.05) is 19.1 Å². The Morgan fingerprint density at radius 2 is 1.80 bits per heavy atom. The van der Waals surface area contributed by atoms with Crippen LogP contribution >= 0.6 is 12.2 Å². The molecule has 1 heterocycles. The van der Waals surface area contributed by atoms with Gasteiger partial charge in [-0.25, -0.2) is 0 Å². The smallest absolute Gasteiger partial charge is 0.270 e. The van der Waals surface area contributed by atoms with E-state index in [2.05, 4.69) is 5.32 Å². The summed E-state index contributed by atoms with van der Waals surface area (Å²) >= 11 is 5.20. The summed E-state index contributed by atoms with van der Waals surface area (Å²) in [5.74, 6) is -2.11. The number of ether oxygens (including phenoxy) is 1. The average Bonchev–Trinajstić information content (AvgIpc) is 2.72. The Bertz CT molecular complexity index is 1030. The lowest BCUT2D eigenvalue weighted by atomic mass is 10.1. The van der Waals surface area contributed by atoms with E-state index in [0.29, 0.717) is 17.0 Å². The van der Waals surface area contributed by atoms with Crippen molar-refractivity contribution >= 4 is 46.9 Å². The van der Waals surface area contributed by atoms with Gasteiger partial charge in [-0.15, -0.1) is 0 Å². The fraction of sp³-hybridized carbons (Fsp3) is 0.182. The third kappa shape index (κ3) is 4.55. The lowest BCUT2D eigenvalue weighted by Gasteiger charge is -2.29. The molecule has 1 N–H and O–H groups in total. The Morgan fingerprint density at radius 3 is 2.37 bits per heavy atom. The number of carboxylic acid groups (broad SMARTS) is 1. The summed E-state index contributed by atoms with van der Waals surface area (Å²) in [5.41, 5.74) is 2.17. The Labute approximate surface area is 179 Å². The topological polar surface area (TPSA) is 98.8 Å². The molecule has 2 aromatic carbocycles. The maximum Gasteiger partial charge on any atom is 0.270 e. The molecule has 0 unspecified atom stereocenters. The van der Waals surface area contributed by atoms with E-state index in [4.69, 9.17) is 17.0 Å². The molecule has 1 fully saturated rings. The number of benzene rings is 2. The van der Waals surface area contributed by atoms with Crippen molar-refractivity contribution in [2.24, 2.45) is 0 Å². The number of carbonyl (C=O) groups is 3. The van der Waals surface area contributed by atoms with Crippen LogP contribution < -0.4 is 20.1 Å². The van der Waals surface area contributed by atoms with Gasteiger partial charge >= 0.3 is 0 Å². The van der Waals surface area contributed by atoms with Crippen molar-refractivity contribution in [1.82, 2.24) is 5.32 Å². The Kier molecular flexibility index (Phi) is 6.27. The number of carboxylic acids is 1. The van der Waals surface area contributed by atoms with E-state index in [1.54, 1.807) is 36.4 Å². The van der Waals surface area contributed by atoms with Crippen LogP contribution in [-0.4, -0.2) is 29.0 Å². The molecular weight excluding hydrogens is 404 g/mol. The second-order valence-electron chi connectivity index (χ2n) is 6.63. The van der Waals surface area contributed by atoms with Crippen LogP contribution in [0.5, 0.6) is 5.75 Å². The number of aryl methyl sites for hydroxylation is 1. The van der Waals surface area contributed by atoms with Gasteiger partial charge < -0.3 is 14.6 Å². The molecule has 3 rings (SSSR count). The molecule has 0 saturated carbocycles. The quantitative estimate of drug-likeness (QED) is 0.431. The van der Waals surface area contributed by atoms with Crippen LogP contribution in [0.4, 0.5) is 5.69 Å². The summed E-state index contributed by atoms with van der Waals surface area (Å²) in [7, 11) is 0. The van der Waals surface area contributed by atoms with Crippen LogP contribution in [0.2, 0.25) is 0 Å². The number of nitrogens with zero attached hydrogens (tertiary/aromatic N) is 1. The van der Waals surface area contributed by atoms with Gasteiger partial charge in [0.1, 0.15) is 17.4 Å². The first-order chi connectivity index (χ1) is 14.3. The molecule has 8 heteroatoms. The number of aliphatic carboxylic acids is 1. The summed E-state index contributed by atoms with van der Waals surface area (Å²) in [4.78, 5) is 37.4. The third-order valence-corrected chi connectivity index (χ3v) is 4.82. The van der Waals surface area contributed by atoms with Crippen molar-refractivity contribution < 1.29 is 24.2 Å². The molecule has 1 aliphatic rings. The Balaban J connectivity index is 1.85. The molecule has 0 aliphatic carbocycles. The van der Waals surface area contributed by atoms with Gasteiger partial charge in [0.05, 0.1) is 11.7 Å². The molecule has 0 spiro atoms. The molecule has 1 aliphatic heterocycles. The monoisotopic (exact) mass is 423 g/mol. The van der Waals surface area contributed by atoms with Crippen LogP contribution in [0.3, 0.4) is 0 Å². The normalized spacial score (nSPS) is 16.4. The largest absolute Gasteiger partial charge is 0.546 e. The van der Waals surface area contributed by atoms with Gasteiger partial charge in [0.25, 0.3) is 11.8 Å². The van der Waals surface area contributed by atoms with Gasteiger partial charge in [-0.3, -0.25) is 19.8 Å². The summed E-state index contributed by atoms with van der Waals surface area (Å²) in [6.07, 6.45) is 1.20. The molecular formula is C22H19N2O5S-. The van der Waals surface area contributed by atoms with Crippen LogP contribution in [0, 0.1) is 0 Å². The molecule has 30 heavy (non-hydrogen) atoms. The van der Waals surface area contributed by atoms with E-state index in [1.165, 1.54) is 17.9 Å². The number of hydrogen-bond acceptors (Lipinski definition) is 6. The van der Waals surface area contributed by atoms with E-state index < -0.39 is 23.9 Å². The summed E-state index contributed by atoms with van der Waals surface area (Å²) in [6, 6.07) is 13.7. The van der Waals surface area contributed by atoms with Crippen molar-refractivity contribution in [2.75, 3.05) is 4.90 Å². The van der Waals surface area contributed by atoms with E-state index in [9.17, 15) is 19.5 Å². The van der Waals surface area contributed by atoms with Crippen molar-refractivity contribution in [3.63, 3.8) is 0 Å². The SMILES string of the molecule is CCc1ccc(N2C(=O)/C(=C\c3ccc(O[C@H](C)C(=O)[O-])cc3)C(=O)NC2=S)cc1. The number of amides is 2. The minimum atomic E-state index is -1.33. The zero-order valence-electron chi connectivity index (χ0n) is 16.4. The van der Waals surface area contributed by atoms with Crippen LogP contribution in [-0.2, 0) is 20.8 Å². The van der Waals surface area contributed by atoms with Crippen LogP contribution in [0.15, 0.2) is 54.1 Å². The first-order valence-corrected chi connectivity index (χ1v) is 9.69. The molecule has 154 valence electrons. The predicted molar refractivity (Wildman–Crippen MR) is 114 cm³/mol. The predicted octanol–water partition coefficient (Wildman–Crippen LogP) is 1.60. The fourth-order valence-corrected chi connectivity index (χ4v) is 3.12. The van der Waals surface area contributed by atoms with Crippen molar-refractivity contribution in [2.45, 2.75) is 26.4 Å². The van der Waals surface area contributed by atoms with E-state index >= 15 is 0 Å². The van der Waals surface area contributed by atoms with Crippen molar-refractivity contribution in [1.29, 1.82) is 0 Å². The van der Waals surface area contributed by atoms with Gasteiger partial charge in [-0.1, -0.05) is 31.2 Å². The summed E-state index contributed by atoms with van der Waals surface area (Å²) in [5, 5.41) is 13.3. The highest BCUT2D eigenvalue weighted by molar-refractivity contribution is 7.80. The Hall–Kier alpha value is -3.52. The molecule has 2 aromatic rings. The molecule has 0 radical (unpaired) electrons. The summed E-state index contributed by atoms with van der Waals surface area (Å²) in [6.45, 7) is 3.39. The highest BCUT2D eigenvalue weighted by atomic mass is 32.1. The zero-order chi connectivity index (χ0) is 21.8. The van der Waals surface area contributed by atoms with Gasteiger partial charge in [0.15, 0.2) is 5.11 Å². The van der Waals surface area contributed by atoms with Crippen LogP contribution in [0.25, 0.3) is 6.08 Å². The minimum Gasteiger partial charge on any atom is -0.546 e. The van der Waals surface area contributed by atoms with Gasteiger partial charge in [0.2, 0.25) is 0 Å². The lowest BCUT2D eigenvalue weighted by Crippen LogP contribution is -2.54. The minimum absolute atomic E-state index is 0.0198. The zero-order valence-corrected chi connectivity index (χ0v) is 17.2. The maximum atomic E-state index is 13.0. The van der Waals surface area contributed by atoms with Crippen molar-refractivity contribution in [3.05, 3.63) is 65.2 Å². The number of carbonyl (C=O) groups excluding carboxylic acids is 3. The second-order valence-corrected chi connectivity index (χ2v) is 7.01. The van der Waals surface area contributed by atoms with Crippen LogP contribution in [0.1, 0.15) is 25.0 Å². The number of rotatable bonds is 6.